The van der Waals surface area contributed by atoms with Gasteiger partial charge in [-0.25, -0.2) is 4.68 Å². The molecule has 1 atom stereocenters. The van der Waals surface area contributed by atoms with Gasteiger partial charge in [0.05, 0.1) is 18.8 Å². The summed E-state index contributed by atoms with van der Waals surface area (Å²) in [7, 11) is 0. The first-order valence-electron chi connectivity index (χ1n) is 6.71. The minimum Gasteiger partial charge on any atom is -0.394 e. The zero-order valence-electron chi connectivity index (χ0n) is 11.5. The minimum absolute atomic E-state index is 0.0658. The van der Waals surface area contributed by atoms with E-state index >= 15 is 0 Å². The Kier molecular flexibility index (Phi) is 5.52. The van der Waals surface area contributed by atoms with Crippen LogP contribution in [0.5, 0.6) is 0 Å². The quantitative estimate of drug-likeness (QED) is 0.821. The molecule has 2 aromatic rings. The molecule has 0 aliphatic carbocycles. The molecule has 0 spiro atoms. The predicted molar refractivity (Wildman–Crippen MR) is 78.4 cm³/mol. The molecule has 0 aliphatic rings. The van der Waals surface area contributed by atoms with E-state index in [1.54, 1.807) is 4.68 Å². The zero-order valence-corrected chi connectivity index (χ0v) is 12.2. The molecule has 1 heterocycles. The number of aliphatic hydroxyl groups is 1. The van der Waals surface area contributed by atoms with Crippen LogP contribution in [0.15, 0.2) is 30.5 Å². The van der Waals surface area contributed by atoms with Crippen molar-refractivity contribution in [2.45, 2.75) is 32.5 Å². The van der Waals surface area contributed by atoms with Crippen LogP contribution in [0.1, 0.15) is 30.6 Å². The van der Waals surface area contributed by atoms with E-state index in [9.17, 15) is 0 Å². The number of benzene rings is 1. The fourth-order valence-electron chi connectivity index (χ4n) is 2.08. The maximum absolute atomic E-state index is 8.84. The Labute approximate surface area is 123 Å². The van der Waals surface area contributed by atoms with Crippen molar-refractivity contribution in [1.82, 2.24) is 20.3 Å². The van der Waals surface area contributed by atoms with Gasteiger partial charge >= 0.3 is 0 Å². The number of rotatable bonds is 7. The summed E-state index contributed by atoms with van der Waals surface area (Å²) in [4.78, 5) is 0. The molecule has 0 saturated heterocycles. The van der Waals surface area contributed by atoms with Crippen LogP contribution < -0.4 is 5.32 Å². The summed E-state index contributed by atoms with van der Waals surface area (Å²) in [6.45, 7) is 3.30. The molecule has 0 amide bonds. The summed E-state index contributed by atoms with van der Waals surface area (Å²) in [6, 6.07) is 8.11. The van der Waals surface area contributed by atoms with Crippen LogP contribution in [0.4, 0.5) is 0 Å². The number of aliphatic hydroxyl groups excluding tert-OH is 1. The summed E-state index contributed by atoms with van der Waals surface area (Å²) in [5, 5.41) is 21.0. The van der Waals surface area contributed by atoms with E-state index in [0.29, 0.717) is 13.1 Å². The number of hydrogen-bond donors (Lipinski definition) is 2. The van der Waals surface area contributed by atoms with Gasteiger partial charge in [-0.05, 0) is 24.1 Å². The Morgan fingerprint density at radius 3 is 3.00 bits per heavy atom. The Hall–Kier alpha value is -1.43. The smallest absolute Gasteiger partial charge is 0.0965 e. The minimum atomic E-state index is 0.0658. The molecule has 0 aliphatic heterocycles. The van der Waals surface area contributed by atoms with Crippen molar-refractivity contribution in [1.29, 1.82) is 0 Å². The predicted octanol–water partition coefficient (Wildman–Crippen LogP) is 2.16. The first kappa shape index (κ1) is 15.0. The van der Waals surface area contributed by atoms with Gasteiger partial charge in [0.25, 0.3) is 0 Å². The number of hydrogen-bond acceptors (Lipinski definition) is 4. The molecule has 1 aromatic carbocycles. The summed E-state index contributed by atoms with van der Waals surface area (Å²) in [5.41, 5.74) is 2.03. The molecule has 0 bridgehead atoms. The highest BCUT2D eigenvalue weighted by atomic mass is 35.5. The zero-order chi connectivity index (χ0) is 14.4. The van der Waals surface area contributed by atoms with E-state index in [0.717, 1.165) is 17.1 Å². The molecule has 0 radical (unpaired) electrons. The lowest BCUT2D eigenvalue weighted by atomic mass is 10.0. The molecule has 108 valence electrons. The van der Waals surface area contributed by atoms with Crippen LogP contribution >= 0.6 is 11.6 Å². The van der Waals surface area contributed by atoms with Gasteiger partial charge in [-0.1, -0.05) is 35.9 Å². The van der Waals surface area contributed by atoms with E-state index in [-0.39, 0.29) is 12.6 Å². The highest BCUT2D eigenvalue weighted by Crippen LogP contribution is 2.20. The fraction of sp³-hybridized carbons (Fsp3) is 0.429. The Morgan fingerprint density at radius 2 is 2.30 bits per heavy atom. The summed E-state index contributed by atoms with van der Waals surface area (Å²) >= 11 is 6.02. The lowest BCUT2D eigenvalue weighted by molar-refractivity contribution is 0.268. The van der Waals surface area contributed by atoms with Gasteiger partial charge in [-0.15, -0.1) is 5.10 Å². The van der Waals surface area contributed by atoms with E-state index < -0.39 is 0 Å². The average molecular weight is 295 g/mol. The van der Waals surface area contributed by atoms with E-state index in [4.69, 9.17) is 16.7 Å². The Morgan fingerprint density at radius 1 is 1.45 bits per heavy atom. The Bertz CT molecular complexity index is 543. The number of nitrogens with one attached hydrogen (secondary N) is 1. The second kappa shape index (κ2) is 7.38. The number of halogens is 1. The largest absolute Gasteiger partial charge is 0.394 e. The van der Waals surface area contributed by atoms with E-state index in [2.05, 4.69) is 28.6 Å². The third-order valence-corrected chi connectivity index (χ3v) is 3.34. The lowest BCUT2D eigenvalue weighted by Crippen LogP contribution is -2.20. The highest BCUT2D eigenvalue weighted by Gasteiger charge is 2.10. The fourth-order valence-corrected chi connectivity index (χ4v) is 2.28. The first-order valence-corrected chi connectivity index (χ1v) is 7.09. The highest BCUT2D eigenvalue weighted by molar-refractivity contribution is 6.30. The Balaban J connectivity index is 1.96. The molecule has 2 rings (SSSR count). The third-order valence-electron chi connectivity index (χ3n) is 3.10. The van der Waals surface area contributed by atoms with Gasteiger partial charge in [0.1, 0.15) is 0 Å². The second-order valence-electron chi connectivity index (χ2n) is 4.59. The topological polar surface area (TPSA) is 63.0 Å². The van der Waals surface area contributed by atoms with Gasteiger partial charge in [0.2, 0.25) is 0 Å². The number of aromatic nitrogens is 3. The van der Waals surface area contributed by atoms with Gasteiger partial charge in [0, 0.05) is 23.8 Å². The van der Waals surface area contributed by atoms with Crippen molar-refractivity contribution in [2.75, 3.05) is 6.61 Å². The van der Waals surface area contributed by atoms with Crippen molar-refractivity contribution in [3.8, 4) is 0 Å². The molecular formula is C14H19ClN4O. The SMILES string of the molecule is CCC(NCc1cn(CCO)nn1)c1cccc(Cl)c1. The van der Waals surface area contributed by atoms with Gasteiger partial charge < -0.3 is 10.4 Å². The van der Waals surface area contributed by atoms with E-state index in [1.807, 2.05) is 24.4 Å². The van der Waals surface area contributed by atoms with Crippen LogP contribution in [0, 0.1) is 0 Å². The van der Waals surface area contributed by atoms with Crippen molar-refractivity contribution >= 4 is 11.6 Å². The standard InChI is InChI=1S/C14H19ClN4O/c1-2-14(11-4-3-5-12(15)8-11)16-9-13-10-19(6-7-20)18-17-13/h3-5,8,10,14,16,20H,2,6-7,9H2,1H3. The maximum atomic E-state index is 8.84. The van der Waals surface area contributed by atoms with Crippen molar-refractivity contribution in [3.63, 3.8) is 0 Å². The molecule has 6 heteroatoms. The normalized spacial score (nSPS) is 12.6. The van der Waals surface area contributed by atoms with Crippen LogP contribution in [0.3, 0.4) is 0 Å². The molecule has 5 nitrogen and oxygen atoms in total. The van der Waals surface area contributed by atoms with Gasteiger partial charge in [-0.3, -0.25) is 0 Å². The molecule has 1 unspecified atom stereocenters. The van der Waals surface area contributed by atoms with Crippen molar-refractivity contribution in [3.05, 3.63) is 46.7 Å². The van der Waals surface area contributed by atoms with Gasteiger partial charge in [-0.2, -0.15) is 0 Å². The molecule has 1 aromatic heterocycles. The first-order chi connectivity index (χ1) is 9.72. The van der Waals surface area contributed by atoms with Crippen molar-refractivity contribution < 1.29 is 5.11 Å². The molecule has 0 fully saturated rings. The van der Waals surface area contributed by atoms with Crippen LogP contribution in [0.2, 0.25) is 5.02 Å². The molecule has 0 saturated carbocycles. The average Bonchev–Trinajstić information content (AvgIpc) is 2.88. The van der Waals surface area contributed by atoms with Crippen LogP contribution in [-0.2, 0) is 13.1 Å². The molecular weight excluding hydrogens is 276 g/mol. The maximum Gasteiger partial charge on any atom is 0.0965 e. The molecule has 2 N–H and O–H groups in total. The van der Waals surface area contributed by atoms with Crippen LogP contribution in [-0.4, -0.2) is 26.7 Å². The monoisotopic (exact) mass is 294 g/mol. The van der Waals surface area contributed by atoms with E-state index in [1.165, 1.54) is 5.56 Å². The number of nitrogens with zero attached hydrogens (tertiary/aromatic N) is 3. The summed E-state index contributed by atoms with van der Waals surface area (Å²) < 4.78 is 1.64. The lowest BCUT2D eigenvalue weighted by Gasteiger charge is -2.16. The van der Waals surface area contributed by atoms with Gasteiger partial charge in [0.15, 0.2) is 0 Å². The third kappa shape index (κ3) is 4.03. The second-order valence-corrected chi connectivity index (χ2v) is 5.03. The summed E-state index contributed by atoms with van der Waals surface area (Å²) in [5.74, 6) is 0. The molecule has 20 heavy (non-hydrogen) atoms. The van der Waals surface area contributed by atoms with Crippen molar-refractivity contribution in [2.24, 2.45) is 0 Å². The summed E-state index contributed by atoms with van der Waals surface area (Å²) in [6.07, 6.45) is 2.80. The van der Waals surface area contributed by atoms with Crippen LogP contribution in [0.25, 0.3) is 0 Å².